The number of aromatic nitrogens is 2. The van der Waals surface area contributed by atoms with Gasteiger partial charge in [-0.1, -0.05) is 36.4 Å². The minimum Gasteiger partial charge on any atom is -0.236 e. The summed E-state index contributed by atoms with van der Waals surface area (Å²) >= 11 is 3.48. The Balaban J connectivity index is 1.52. The molecular formula is C22H16N2S2. The normalized spacial score (nSPS) is 11.5. The zero-order valence-electron chi connectivity index (χ0n) is 14.5. The van der Waals surface area contributed by atoms with Gasteiger partial charge in [-0.05, 0) is 49.2 Å². The molecule has 0 fully saturated rings. The first-order chi connectivity index (χ1) is 12.7. The molecule has 2 heterocycles. The second-order valence-corrected chi connectivity index (χ2v) is 8.62. The van der Waals surface area contributed by atoms with Crippen molar-refractivity contribution in [1.29, 1.82) is 0 Å². The van der Waals surface area contributed by atoms with Crippen molar-refractivity contribution in [3.8, 4) is 21.1 Å². The number of hydrogen-bond acceptors (Lipinski definition) is 4. The van der Waals surface area contributed by atoms with Crippen LogP contribution in [0, 0.1) is 13.8 Å². The van der Waals surface area contributed by atoms with Gasteiger partial charge in [-0.2, -0.15) is 0 Å². The van der Waals surface area contributed by atoms with Crippen LogP contribution in [-0.4, -0.2) is 9.97 Å². The Kier molecular flexibility index (Phi) is 3.62. The summed E-state index contributed by atoms with van der Waals surface area (Å²) in [6.45, 7) is 4.21. The van der Waals surface area contributed by atoms with Crippen LogP contribution in [0.25, 0.3) is 41.6 Å². The lowest BCUT2D eigenvalue weighted by molar-refractivity contribution is 1.43. The fourth-order valence-electron chi connectivity index (χ4n) is 3.08. The van der Waals surface area contributed by atoms with Gasteiger partial charge in [0.15, 0.2) is 0 Å². The highest BCUT2D eigenvalue weighted by Crippen LogP contribution is 2.34. The summed E-state index contributed by atoms with van der Waals surface area (Å²) < 4.78 is 2.47. The number of thiazole rings is 2. The third-order valence-electron chi connectivity index (χ3n) is 4.46. The van der Waals surface area contributed by atoms with Crippen LogP contribution in [0.4, 0.5) is 0 Å². The van der Waals surface area contributed by atoms with Crippen molar-refractivity contribution in [2.75, 3.05) is 0 Å². The average Bonchev–Trinajstić information content (AvgIpc) is 3.25. The molecule has 0 amide bonds. The number of fused-ring (bicyclic) bond motifs is 2. The molecule has 0 aliphatic heterocycles. The first kappa shape index (κ1) is 15.7. The molecule has 0 saturated carbocycles. The second kappa shape index (κ2) is 6.01. The van der Waals surface area contributed by atoms with Crippen LogP contribution in [0.15, 0.2) is 60.7 Å². The van der Waals surface area contributed by atoms with Crippen LogP contribution in [0.2, 0.25) is 0 Å². The predicted octanol–water partition coefficient (Wildman–Crippen LogP) is 6.86. The lowest BCUT2D eigenvalue weighted by Crippen LogP contribution is -1.79. The van der Waals surface area contributed by atoms with Crippen molar-refractivity contribution >= 4 is 43.1 Å². The Labute approximate surface area is 159 Å². The molecular weight excluding hydrogens is 356 g/mol. The fraction of sp³-hybridized carbons (Fsp3) is 0.0909. The summed E-state index contributed by atoms with van der Waals surface area (Å²) in [6.07, 6.45) is 0. The van der Waals surface area contributed by atoms with Crippen LogP contribution < -0.4 is 0 Å². The fourth-order valence-corrected chi connectivity index (χ4v) is 4.98. The van der Waals surface area contributed by atoms with E-state index in [0.717, 1.165) is 32.2 Å². The van der Waals surface area contributed by atoms with Crippen LogP contribution >= 0.6 is 22.7 Å². The van der Waals surface area contributed by atoms with Crippen molar-refractivity contribution in [1.82, 2.24) is 9.97 Å². The van der Waals surface area contributed by atoms with Crippen LogP contribution in [0.1, 0.15) is 11.1 Å². The molecule has 126 valence electrons. The minimum atomic E-state index is 1.07. The minimum absolute atomic E-state index is 1.07. The third kappa shape index (κ3) is 2.71. The lowest BCUT2D eigenvalue weighted by atomic mass is 10.1. The lowest BCUT2D eigenvalue weighted by Gasteiger charge is -1.99. The van der Waals surface area contributed by atoms with E-state index < -0.39 is 0 Å². The summed E-state index contributed by atoms with van der Waals surface area (Å²) in [7, 11) is 0. The Bertz CT molecular complexity index is 1150. The molecule has 0 bridgehead atoms. The van der Waals surface area contributed by atoms with Gasteiger partial charge in [0.1, 0.15) is 10.0 Å². The van der Waals surface area contributed by atoms with E-state index in [1.807, 2.05) is 0 Å². The molecule has 0 N–H and O–H groups in total. The van der Waals surface area contributed by atoms with Crippen molar-refractivity contribution in [2.24, 2.45) is 0 Å². The molecule has 2 nitrogen and oxygen atoms in total. The first-order valence-corrected chi connectivity index (χ1v) is 10.1. The number of aryl methyl sites for hydroxylation is 2. The van der Waals surface area contributed by atoms with Gasteiger partial charge in [0.05, 0.1) is 20.4 Å². The zero-order valence-corrected chi connectivity index (χ0v) is 16.1. The molecule has 26 heavy (non-hydrogen) atoms. The Morgan fingerprint density at radius 2 is 1.00 bits per heavy atom. The molecule has 5 rings (SSSR count). The van der Waals surface area contributed by atoms with E-state index in [4.69, 9.17) is 9.97 Å². The maximum Gasteiger partial charge on any atom is 0.124 e. The predicted molar refractivity (Wildman–Crippen MR) is 113 cm³/mol. The van der Waals surface area contributed by atoms with E-state index in [-0.39, 0.29) is 0 Å². The van der Waals surface area contributed by atoms with Crippen molar-refractivity contribution in [3.05, 3.63) is 71.8 Å². The van der Waals surface area contributed by atoms with Gasteiger partial charge in [0.2, 0.25) is 0 Å². The first-order valence-electron chi connectivity index (χ1n) is 8.51. The topological polar surface area (TPSA) is 25.8 Å². The Hall–Kier alpha value is -2.56. The van der Waals surface area contributed by atoms with Crippen molar-refractivity contribution < 1.29 is 0 Å². The van der Waals surface area contributed by atoms with Crippen molar-refractivity contribution in [2.45, 2.75) is 13.8 Å². The molecule has 0 atom stereocenters. The molecule has 0 aliphatic rings. The van der Waals surface area contributed by atoms with Gasteiger partial charge in [0, 0.05) is 11.1 Å². The second-order valence-electron chi connectivity index (χ2n) is 6.56. The van der Waals surface area contributed by atoms with E-state index in [0.29, 0.717) is 0 Å². The highest BCUT2D eigenvalue weighted by atomic mass is 32.1. The summed E-state index contributed by atoms with van der Waals surface area (Å²) in [5.74, 6) is 0. The number of hydrogen-bond donors (Lipinski definition) is 0. The van der Waals surface area contributed by atoms with Gasteiger partial charge < -0.3 is 0 Å². The molecule has 4 heteroatoms. The molecule has 0 spiro atoms. The number of nitrogens with zero attached hydrogens (tertiary/aromatic N) is 2. The monoisotopic (exact) mass is 372 g/mol. The van der Waals surface area contributed by atoms with E-state index in [9.17, 15) is 0 Å². The van der Waals surface area contributed by atoms with Crippen LogP contribution in [-0.2, 0) is 0 Å². The van der Waals surface area contributed by atoms with Gasteiger partial charge in [-0.25, -0.2) is 9.97 Å². The highest BCUT2D eigenvalue weighted by molar-refractivity contribution is 7.22. The molecule has 0 saturated heterocycles. The van der Waals surface area contributed by atoms with E-state index >= 15 is 0 Å². The van der Waals surface area contributed by atoms with Gasteiger partial charge >= 0.3 is 0 Å². The molecule has 0 radical (unpaired) electrons. The standard InChI is InChI=1S/C22H16N2S2/c1-13-3-9-19-17(11-13)23-21(25-19)15-5-7-16(8-6-15)22-24-18-12-14(2)4-10-20(18)26-22/h3-12H,1-2H3. The Morgan fingerprint density at radius 3 is 1.42 bits per heavy atom. The molecule has 3 aromatic carbocycles. The number of benzene rings is 3. The third-order valence-corrected chi connectivity index (χ3v) is 6.64. The quantitative estimate of drug-likeness (QED) is 0.338. The Morgan fingerprint density at radius 1 is 0.577 bits per heavy atom. The molecule has 0 unspecified atom stereocenters. The van der Waals surface area contributed by atoms with Crippen LogP contribution in [0.3, 0.4) is 0 Å². The smallest absolute Gasteiger partial charge is 0.124 e. The average molecular weight is 373 g/mol. The van der Waals surface area contributed by atoms with E-state index in [1.165, 1.54) is 20.5 Å². The summed E-state index contributed by atoms with van der Waals surface area (Å²) in [5.41, 5.74) is 6.96. The maximum absolute atomic E-state index is 4.80. The summed E-state index contributed by atoms with van der Waals surface area (Å²) in [6, 6.07) is 21.5. The molecule has 0 aliphatic carbocycles. The number of rotatable bonds is 2. The van der Waals surface area contributed by atoms with Gasteiger partial charge in [-0.3, -0.25) is 0 Å². The summed E-state index contributed by atoms with van der Waals surface area (Å²) in [5, 5.41) is 2.13. The maximum atomic E-state index is 4.80. The SMILES string of the molecule is Cc1ccc2sc(-c3ccc(-c4nc5cc(C)ccc5s4)cc3)nc2c1. The van der Waals surface area contributed by atoms with Crippen LogP contribution in [0.5, 0.6) is 0 Å². The largest absolute Gasteiger partial charge is 0.236 e. The van der Waals surface area contributed by atoms with Gasteiger partial charge in [-0.15, -0.1) is 22.7 Å². The van der Waals surface area contributed by atoms with Gasteiger partial charge in [0.25, 0.3) is 0 Å². The molecule has 2 aromatic heterocycles. The highest BCUT2D eigenvalue weighted by Gasteiger charge is 2.09. The molecule has 5 aromatic rings. The zero-order chi connectivity index (χ0) is 17.7. The van der Waals surface area contributed by atoms with E-state index in [2.05, 4.69) is 74.5 Å². The summed E-state index contributed by atoms with van der Waals surface area (Å²) in [4.78, 5) is 9.59. The van der Waals surface area contributed by atoms with Crippen molar-refractivity contribution in [3.63, 3.8) is 0 Å². The van der Waals surface area contributed by atoms with E-state index in [1.54, 1.807) is 22.7 Å².